The molecule has 4 rings (SSSR count). The molecule has 7 nitrogen and oxygen atoms in total. The molecular formula is C21H25N3O4. The van der Waals surface area contributed by atoms with E-state index in [2.05, 4.69) is 17.5 Å². The fourth-order valence-electron chi connectivity index (χ4n) is 3.92. The Labute approximate surface area is 163 Å². The van der Waals surface area contributed by atoms with Gasteiger partial charge in [-0.25, -0.2) is 5.43 Å². The number of piperidine rings is 1. The number of hydrogen-bond donors (Lipinski definition) is 1. The van der Waals surface area contributed by atoms with Gasteiger partial charge < -0.3 is 13.7 Å². The Morgan fingerprint density at radius 2 is 2.04 bits per heavy atom. The highest BCUT2D eigenvalue weighted by Gasteiger charge is 2.31. The SMILES string of the molecule is Cc1c(C(=O)N2CCC(C)CC2)oc2c1/C(=N/NC(=O)c1ccco1)CCC2. The Kier molecular flexibility index (Phi) is 5.07. The van der Waals surface area contributed by atoms with Gasteiger partial charge in [-0.2, -0.15) is 5.10 Å². The average molecular weight is 383 g/mol. The number of fused-ring (bicyclic) bond motifs is 1. The first kappa shape index (κ1) is 18.5. The van der Waals surface area contributed by atoms with Crippen molar-refractivity contribution < 1.29 is 18.4 Å². The number of likely N-dealkylation sites (tertiary alicyclic amines) is 1. The van der Waals surface area contributed by atoms with Gasteiger partial charge in [0.05, 0.1) is 12.0 Å². The minimum absolute atomic E-state index is 0.0437. The fraction of sp³-hybridized carbons (Fsp3) is 0.476. The van der Waals surface area contributed by atoms with Gasteiger partial charge in [-0.3, -0.25) is 9.59 Å². The van der Waals surface area contributed by atoms with E-state index < -0.39 is 5.91 Å². The summed E-state index contributed by atoms with van der Waals surface area (Å²) in [5.74, 6) is 1.61. The molecule has 7 heteroatoms. The molecular weight excluding hydrogens is 358 g/mol. The zero-order chi connectivity index (χ0) is 19.7. The topological polar surface area (TPSA) is 88.0 Å². The lowest BCUT2D eigenvalue weighted by Crippen LogP contribution is -2.38. The van der Waals surface area contributed by atoms with E-state index in [4.69, 9.17) is 8.83 Å². The van der Waals surface area contributed by atoms with Gasteiger partial charge in [-0.05, 0) is 50.7 Å². The molecule has 28 heavy (non-hydrogen) atoms. The second-order valence-corrected chi connectivity index (χ2v) is 7.66. The summed E-state index contributed by atoms with van der Waals surface area (Å²) in [4.78, 5) is 27.0. The van der Waals surface area contributed by atoms with Crippen LogP contribution >= 0.6 is 0 Å². The molecule has 0 atom stereocenters. The van der Waals surface area contributed by atoms with Gasteiger partial charge in [-0.15, -0.1) is 0 Å². The molecule has 2 aliphatic rings. The summed E-state index contributed by atoms with van der Waals surface area (Å²) in [6, 6.07) is 3.24. The van der Waals surface area contributed by atoms with Crippen molar-refractivity contribution in [2.45, 2.75) is 46.0 Å². The molecule has 0 unspecified atom stereocenters. The summed E-state index contributed by atoms with van der Waals surface area (Å²) in [5, 5.41) is 4.31. The number of hydrazone groups is 1. The summed E-state index contributed by atoms with van der Waals surface area (Å²) in [6.07, 6.45) is 5.85. The van der Waals surface area contributed by atoms with Gasteiger partial charge in [0, 0.05) is 30.6 Å². The van der Waals surface area contributed by atoms with Gasteiger partial charge in [-0.1, -0.05) is 6.92 Å². The van der Waals surface area contributed by atoms with Gasteiger partial charge in [0.1, 0.15) is 5.76 Å². The Morgan fingerprint density at radius 3 is 2.75 bits per heavy atom. The lowest BCUT2D eigenvalue weighted by atomic mass is 9.93. The highest BCUT2D eigenvalue weighted by Crippen LogP contribution is 2.31. The third kappa shape index (κ3) is 3.48. The van der Waals surface area contributed by atoms with Crippen LogP contribution in [0.3, 0.4) is 0 Å². The third-order valence-corrected chi connectivity index (χ3v) is 5.63. The number of furan rings is 2. The number of aryl methyl sites for hydroxylation is 1. The number of nitrogens with one attached hydrogen (secondary N) is 1. The summed E-state index contributed by atoms with van der Waals surface area (Å²) in [5.41, 5.74) is 4.96. The first-order valence-electron chi connectivity index (χ1n) is 9.87. The van der Waals surface area contributed by atoms with E-state index in [0.717, 1.165) is 67.8 Å². The van der Waals surface area contributed by atoms with Crippen LogP contribution in [0.4, 0.5) is 0 Å². The van der Waals surface area contributed by atoms with Gasteiger partial charge >= 0.3 is 5.91 Å². The number of rotatable bonds is 3. The van der Waals surface area contributed by atoms with Crippen molar-refractivity contribution in [2.24, 2.45) is 11.0 Å². The van der Waals surface area contributed by atoms with Crippen molar-refractivity contribution in [1.29, 1.82) is 0 Å². The van der Waals surface area contributed by atoms with Crippen molar-refractivity contribution in [3.63, 3.8) is 0 Å². The van der Waals surface area contributed by atoms with Crippen LogP contribution in [0.25, 0.3) is 0 Å². The minimum atomic E-state index is -0.399. The first-order chi connectivity index (χ1) is 13.5. The lowest BCUT2D eigenvalue weighted by molar-refractivity contribution is 0.0662. The van der Waals surface area contributed by atoms with Crippen LogP contribution in [0, 0.1) is 12.8 Å². The largest absolute Gasteiger partial charge is 0.459 e. The Bertz CT molecular complexity index is 902. The Balaban J connectivity index is 1.56. The molecule has 2 amide bonds. The molecule has 1 aliphatic heterocycles. The zero-order valence-electron chi connectivity index (χ0n) is 16.3. The van der Waals surface area contributed by atoms with E-state index in [1.807, 2.05) is 11.8 Å². The second kappa shape index (κ2) is 7.66. The van der Waals surface area contributed by atoms with E-state index in [1.165, 1.54) is 6.26 Å². The standard InChI is InChI=1S/C21H25N3O4/c1-13-8-10-24(11-9-13)21(26)19-14(2)18-15(5-3-6-16(18)28-19)22-23-20(25)17-7-4-12-27-17/h4,7,12-13H,3,5-6,8-11H2,1-2H3,(H,23,25)/b22-15+. The maximum absolute atomic E-state index is 13.0. The molecule has 0 radical (unpaired) electrons. The average Bonchev–Trinajstić information content (AvgIpc) is 3.35. The van der Waals surface area contributed by atoms with Crippen molar-refractivity contribution in [3.8, 4) is 0 Å². The van der Waals surface area contributed by atoms with Gasteiger partial charge in [0.15, 0.2) is 11.5 Å². The van der Waals surface area contributed by atoms with Crippen LogP contribution in [0.1, 0.15) is 70.6 Å². The molecule has 3 heterocycles. The second-order valence-electron chi connectivity index (χ2n) is 7.66. The summed E-state index contributed by atoms with van der Waals surface area (Å²) in [7, 11) is 0. The normalized spacial score (nSPS) is 18.9. The third-order valence-electron chi connectivity index (χ3n) is 5.63. The zero-order valence-corrected chi connectivity index (χ0v) is 16.3. The fourth-order valence-corrected chi connectivity index (χ4v) is 3.92. The summed E-state index contributed by atoms with van der Waals surface area (Å²) < 4.78 is 11.1. The van der Waals surface area contributed by atoms with Crippen molar-refractivity contribution in [1.82, 2.24) is 10.3 Å². The van der Waals surface area contributed by atoms with E-state index >= 15 is 0 Å². The van der Waals surface area contributed by atoms with E-state index in [1.54, 1.807) is 12.1 Å². The first-order valence-corrected chi connectivity index (χ1v) is 9.87. The van der Waals surface area contributed by atoms with Crippen LogP contribution in [0.15, 0.2) is 32.3 Å². The van der Waals surface area contributed by atoms with Crippen LogP contribution in [-0.4, -0.2) is 35.5 Å². The summed E-state index contributed by atoms with van der Waals surface area (Å²) >= 11 is 0. The predicted molar refractivity (Wildman–Crippen MR) is 103 cm³/mol. The molecule has 0 bridgehead atoms. The van der Waals surface area contributed by atoms with Crippen LogP contribution < -0.4 is 5.43 Å². The molecule has 1 saturated heterocycles. The number of amides is 2. The predicted octanol–water partition coefficient (Wildman–Crippen LogP) is 3.52. The molecule has 2 aromatic rings. The van der Waals surface area contributed by atoms with Crippen molar-refractivity contribution in [3.05, 3.63) is 46.8 Å². The maximum atomic E-state index is 13.0. The van der Waals surface area contributed by atoms with E-state index in [9.17, 15) is 9.59 Å². The van der Waals surface area contributed by atoms with Gasteiger partial charge in [0.25, 0.3) is 5.91 Å². The molecule has 148 valence electrons. The lowest BCUT2D eigenvalue weighted by Gasteiger charge is -2.29. The molecule has 0 aromatic carbocycles. The molecule has 1 aliphatic carbocycles. The van der Waals surface area contributed by atoms with Crippen LogP contribution in [0.5, 0.6) is 0 Å². The highest BCUT2D eigenvalue weighted by atomic mass is 16.4. The number of carbonyl (C=O) groups is 2. The highest BCUT2D eigenvalue weighted by molar-refractivity contribution is 6.07. The van der Waals surface area contributed by atoms with Crippen molar-refractivity contribution in [2.75, 3.05) is 13.1 Å². The molecule has 0 saturated carbocycles. The van der Waals surface area contributed by atoms with Crippen LogP contribution in [0.2, 0.25) is 0 Å². The molecule has 0 spiro atoms. The van der Waals surface area contributed by atoms with Gasteiger partial charge in [0.2, 0.25) is 0 Å². The Morgan fingerprint density at radius 1 is 1.25 bits per heavy atom. The van der Waals surface area contributed by atoms with E-state index in [-0.39, 0.29) is 11.7 Å². The molecule has 1 N–H and O–H groups in total. The summed E-state index contributed by atoms with van der Waals surface area (Å²) in [6.45, 7) is 5.66. The number of nitrogens with zero attached hydrogens (tertiary/aromatic N) is 2. The molecule has 2 aromatic heterocycles. The monoisotopic (exact) mass is 383 g/mol. The number of hydrogen-bond acceptors (Lipinski definition) is 5. The number of carbonyl (C=O) groups excluding carboxylic acids is 2. The maximum Gasteiger partial charge on any atom is 0.307 e. The molecule has 1 fully saturated rings. The quantitative estimate of drug-likeness (QED) is 0.822. The smallest absolute Gasteiger partial charge is 0.307 e. The Hall–Kier alpha value is -2.83. The van der Waals surface area contributed by atoms with Crippen molar-refractivity contribution >= 4 is 17.5 Å². The van der Waals surface area contributed by atoms with Crippen LogP contribution in [-0.2, 0) is 6.42 Å². The van der Waals surface area contributed by atoms with E-state index in [0.29, 0.717) is 11.7 Å². The minimum Gasteiger partial charge on any atom is -0.459 e.